The van der Waals surface area contributed by atoms with Gasteiger partial charge in [-0.25, -0.2) is 4.39 Å². The topological polar surface area (TPSA) is 67.2 Å². The maximum absolute atomic E-state index is 12.8. The summed E-state index contributed by atoms with van der Waals surface area (Å²) in [6.45, 7) is 3.90. The van der Waals surface area contributed by atoms with Gasteiger partial charge in [0.2, 0.25) is 0 Å². The number of aliphatic hydroxyl groups is 1. The minimum absolute atomic E-state index is 0.0493. The van der Waals surface area contributed by atoms with Crippen molar-refractivity contribution in [1.29, 1.82) is 0 Å². The fraction of sp³-hybridized carbons (Fsp3) is 0.333. The summed E-state index contributed by atoms with van der Waals surface area (Å²) >= 11 is 0. The van der Waals surface area contributed by atoms with Gasteiger partial charge in [-0.3, -0.25) is 9.48 Å². The fourth-order valence-electron chi connectivity index (χ4n) is 1.99. The number of aromatic nitrogens is 2. The Labute approximate surface area is 122 Å². The molecule has 21 heavy (non-hydrogen) atoms. The van der Waals surface area contributed by atoms with E-state index in [1.807, 2.05) is 13.8 Å². The zero-order chi connectivity index (χ0) is 15.4. The van der Waals surface area contributed by atoms with Crippen LogP contribution in [0.5, 0.6) is 0 Å². The maximum Gasteiger partial charge on any atom is 0.269 e. The number of halogens is 1. The average molecular weight is 291 g/mol. The van der Waals surface area contributed by atoms with E-state index in [4.69, 9.17) is 0 Å². The highest BCUT2D eigenvalue weighted by molar-refractivity contribution is 5.92. The molecule has 1 aromatic carbocycles. The van der Waals surface area contributed by atoms with Crippen LogP contribution in [-0.2, 0) is 0 Å². The molecule has 1 aromatic heterocycles. The molecule has 0 aliphatic rings. The van der Waals surface area contributed by atoms with Gasteiger partial charge >= 0.3 is 0 Å². The number of nitrogens with one attached hydrogen (secondary N) is 1. The molecular weight excluding hydrogens is 273 g/mol. The van der Waals surface area contributed by atoms with Gasteiger partial charge in [0.1, 0.15) is 11.5 Å². The van der Waals surface area contributed by atoms with E-state index in [0.29, 0.717) is 11.3 Å². The molecule has 2 aromatic rings. The Morgan fingerprint density at radius 2 is 2.00 bits per heavy atom. The van der Waals surface area contributed by atoms with Crippen LogP contribution in [0.2, 0.25) is 0 Å². The van der Waals surface area contributed by atoms with Crippen molar-refractivity contribution in [3.05, 3.63) is 53.6 Å². The van der Waals surface area contributed by atoms with Crippen molar-refractivity contribution in [3.8, 4) is 0 Å². The second-order valence-electron chi connectivity index (χ2n) is 5.03. The van der Waals surface area contributed by atoms with Gasteiger partial charge in [0, 0.05) is 18.8 Å². The van der Waals surface area contributed by atoms with Gasteiger partial charge in [-0.15, -0.1) is 0 Å². The lowest BCUT2D eigenvalue weighted by molar-refractivity contribution is 0.0903. The summed E-state index contributed by atoms with van der Waals surface area (Å²) in [6, 6.07) is 7.22. The van der Waals surface area contributed by atoms with Gasteiger partial charge in [0.15, 0.2) is 0 Å². The van der Waals surface area contributed by atoms with Crippen LogP contribution in [0, 0.1) is 5.82 Å². The van der Waals surface area contributed by atoms with Crippen molar-refractivity contribution in [1.82, 2.24) is 15.1 Å². The summed E-state index contributed by atoms with van der Waals surface area (Å²) in [7, 11) is 0. The molecule has 2 N–H and O–H groups in total. The normalized spacial score (nSPS) is 12.4. The number of amides is 1. The van der Waals surface area contributed by atoms with Crippen LogP contribution < -0.4 is 5.32 Å². The van der Waals surface area contributed by atoms with Crippen LogP contribution >= 0.6 is 0 Å². The maximum atomic E-state index is 12.8. The largest absolute Gasteiger partial charge is 0.387 e. The van der Waals surface area contributed by atoms with E-state index in [1.165, 1.54) is 24.3 Å². The Morgan fingerprint density at radius 3 is 2.62 bits per heavy atom. The number of hydrogen-bond donors (Lipinski definition) is 2. The number of rotatable bonds is 5. The summed E-state index contributed by atoms with van der Waals surface area (Å²) < 4.78 is 14.4. The van der Waals surface area contributed by atoms with Gasteiger partial charge in [-0.2, -0.15) is 5.10 Å². The second kappa shape index (κ2) is 6.49. The monoisotopic (exact) mass is 291 g/mol. The van der Waals surface area contributed by atoms with E-state index in [2.05, 4.69) is 10.4 Å². The van der Waals surface area contributed by atoms with Crippen LogP contribution in [0.25, 0.3) is 0 Å². The minimum Gasteiger partial charge on any atom is -0.387 e. The molecule has 0 saturated heterocycles. The molecule has 0 bridgehead atoms. The molecule has 112 valence electrons. The van der Waals surface area contributed by atoms with E-state index in [-0.39, 0.29) is 24.3 Å². The van der Waals surface area contributed by atoms with E-state index < -0.39 is 6.10 Å². The molecule has 0 aliphatic heterocycles. The second-order valence-corrected chi connectivity index (χ2v) is 5.03. The smallest absolute Gasteiger partial charge is 0.269 e. The molecule has 2 rings (SSSR count). The molecule has 0 aliphatic carbocycles. The number of benzene rings is 1. The van der Waals surface area contributed by atoms with E-state index in [0.717, 1.165) is 0 Å². The summed E-state index contributed by atoms with van der Waals surface area (Å²) in [5.41, 5.74) is 0.991. The number of hydrogen-bond acceptors (Lipinski definition) is 3. The Morgan fingerprint density at radius 1 is 1.33 bits per heavy atom. The summed E-state index contributed by atoms with van der Waals surface area (Å²) in [5.74, 6) is -0.668. The highest BCUT2D eigenvalue weighted by Crippen LogP contribution is 2.13. The molecule has 1 heterocycles. The first kappa shape index (κ1) is 15.2. The zero-order valence-corrected chi connectivity index (χ0v) is 12.0. The predicted molar refractivity (Wildman–Crippen MR) is 76.3 cm³/mol. The molecule has 1 atom stereocenters. The molecule has 5 nitrogen and oxygen atoms in total. The fourth-order valence-corrected chi connectivity index (χ4v) is 1.99. The third kappa shape index (κ3) is 3.66. The van der Waals surface area contributed by atoms with E-state index in [9.17, 15) is 14.3 Å². The van der Waals surface area contributed by atoms with Crippen LogP contribution in [0.1, 0.15) is 42.0 Å². The zero-order valence-electron chi connectivity index (χ0n) is 12.0. The Hall–Kier alpha value is -2.21. The number of nitrogens with zero attached hydrogens (tertiary/aromatic N) is 2. The molecular formula is C15H18FN3O2. The Bertz CT molecular complexity index is 608. The van der Waals surface area contributed by atoms with Crippen LogP contribution in [0.4, 0.5) is 4.39 Å². The lowest BCUT2D eigenvalue weighted by Crippen LogP contribution is -2.30. The highest BCUT2D eigenvalue weighted by Gasteiger charge is 2.15. The Kier molecular flexibility index (Phi) is 4.70. The molecule has 1 amide bonds. The first-order valence-electron chi connectivity index (χ1n) is 6.74. The molecule has 1 unspecified atom stereocenters. The van der Waals surface area contributed by atoms with Crippen molar-refractivity contribution in [2.75, 3.05) is 6.54 Å². The lowest BCUT2D eigenvalue weighted by atomic mass is 10.1. The SMILES string of the molecule is CC(C)n1nccc1C(=O)NCC(O)c1ccc(F)cc1. The summed E-state index contributed by atoms with van der Waals surface area (Å²) in [4.78, 5) is 12.1. The van der Waals surface area contributed by atoms with E-state index >= 15 is 0 Å². The molecule has 0 fully saturated rings. The van der Waals surface area contributed by atoms with Crippen molar-refractivity contribution in [2.24, 2.45) is 0 Å². The Balaban J connectivity index is 1.97. The minimum atomic E-state index is -0.884. The van der Waals surface area contributed by atoms with Crippen LogP contribution in [-0.4, -0.2) is 27.3 Å². The third-order valence-electron chi connectivity index (χ3n) is 3.10. The summed E-state index contributed by atoms with van der Waals surface area (Å²) in [6.07, 6.45) is 0.677. The van der Waals surface area contributed by atoms with E-state index in [1.54, 1.807) is 16.9 Å². The van der Waals surface area contributed by atoms with Crippen molar-refractivity contribution < 1.29 is 14.3 Å². The van der Waals surface area contributed by atoms with Crippen molar-refractivity contribution >= 4 is 5.91 Å². The van der Waals surface area contributed by atoms with Crippen molar-refractivity contribution in [3.63, 3.8) is 0 Å². The first-order valence-corrected chi connectivity index (χ1v) is 6.74. The number of carbonyl (C=O) groups excluding carboxylic acids is 1. The quantitative estimate of drug-likeness (QED) is 0.886. The molecule has 0 saturated carbocycles. The molecule has 0 spiro atoms. The van der Waals surface area contributed by atoms with Gasteiger partial charge in [-0.1, -0.05) is 12.1 Å². The standard InChI is InChI=1S/C15H18FN3O2/c1-10(2)19-13(7-8-18-19)15(21)17-9-14(20)11-3-5-12(16)6-4-11/h3-8,10,14,20H,9H2,1-2H3,(H,17,21). The predicted octanol–water partition coefficient (Wildman–Crippen LogP) is 2.07. The average Bonchev–Trinajstić information content (AvgIpc) is 2.95. The van der Waals surface area contributed by atoms with Crippen LogP contribution in [0.15, 0.2) is 36.5 Å². The molecule has 6 heteroatoms. The van der Waals surface area contributed by atoms with Crippen LogP contribution in [0.3, 0.4) is 0 Å². The summed E-state index contributed by atoms with van der Waals surface area (Å²) in [5, 5.41) is 16.7. The van der Waals surface area contributed by atoms with Gasteiger partial charge in [0.25, 0.3) is 5.91 Å². The van der Waals surface area contributed by atoms with Gasteiger partial charge in [-0.05, 0) is 37.6 Å². The van der Waals surface area contributed by atoms with Crippen molar-refractivity contribution in [2.45, 2.75) is 26.0 Å². The first-order chi connectivity index (χ1) is 9.99. The third-order valence-corrected chi connectivity index (χ3v) is 3.10. The van der Waals surface area contributed by atoms with Gasteiger partial charge in [0.05, 0.1) is 6.10 Å². The molecule has 0 radical (unpaired) electrons. The number of carbonyl (C=O) groups is 1. The lowest BCUT2D eigenvalue weighted by Gasteiger charge is -2.14. The highest BCUT2D eigenvalue weighted by atomic mass is 19.1. The number of aliphatic hydroxyl groups excluding tert-OH is 1. The van der Waals surface area contributed by atoms with Gasteiger partial charge < -0.3 is 10.4 Å².